The quantitative estimate of drug-likeness (QED) is 0.471. The SMILES string of the molecule is CCN(CC)c1ccc(C(F)(F)F)cc1NC(=O)CSc1nc(N)cc(N)n1. The van der Waals surface area contributed by atoms with Crippen LogP contribution in [0.1, 0.15) is 19.4 Å². The number of amides is 1. The van der Waals surface area contributed by atoms with Crippen molar-refractivity contribution in [1.82, 2.24) is 9.97 Å². The van der Waals surface area contributed by atoms with E-state index in [0.29, 0.717) is 18.8 Å². The van der Waals surface area contributed by atoms with Crippen molar-refractivity contribution in [2.75, 3.05) is 40.5 Å². The summed E-state index contributed by atoms with van der Waals surface area (Å²) in [4.78, 5) is 22.1. The van der Waals surface area contributed by atoms with Crippen molar-refractivity contribution in [3.8, 4) is 0 Å². The Bertz CT molecular complexity index is 822. The Morgan fingerprint density at radius 1 is 1.14 bits per heavy atom. The number of hydrogen-bond donors (Lipinski definition) is 3. The van der Waals surface area contributed by atoms with Crippen molar-refractivity contribution < 1.29 is 18.0 Å². The molecule has 1 heterocycles. The van der Waals surface area contributed by atoms with Crippen molar-refractivity contribution in [2.24, 2.45) is 0 Å². The second-order valence-electron chi connectivity index (χ2n) is 5.74. The Hall–Kier alpha value is -2.69. The van der Waals surface area contributed by atoms with Gasteiger partial charge in [0, 0.05) is 19.2 Å². The van der Waals surface area contributed by atoms with E-state index < -0.39 is 17.6 Å². The fraction of sp³-hybridized carbons (Fsp3) is 0.353. The van der Waals surface area contributed by atoms with Gasteiger partial charge in [-0.15, -0.1) is 0 Å². The van der Waals surface area contributed by atoms with Gasteiger partial charge in [-0.05, 0) is 32.0 Å². The predicted octanol–water partition coefficient (Wildman–Crippen LogP) is 3.24. The van der Waals surface area contributed by atoms with Gasteiger partial charge in [-0.2, -0.15) is 13.2 Å². The van der Waals surface area contributed by atoms with Crippen LogP contribution in [0.15, 0.2) is 29.4 Å². The first kappa shape index (κ1) is 21.6. The second kappa shape index (κ2) is 9.00. The third-order valence-electron chi connectivity index (χ3n) is 3.78. The molecular weight excluding hydrogens is 393 g/mol. The first-order valence-corrected chi connectivity index (χ1v) is 9.41. The minimum Gasteiger partial charge on any atom is -0.383 e. The van der Waals surface area contributed by atoms with Gasteiger partial charge in [0.1, 0.15) is 11.6 Å². The lowest BCUT2D eigenvalue weighted by atomic mass is 10.1. The lowest BCUT2D eigenvalue weighted by Crippen LogP contribution is -2.25. The molecule has 0 aliphatic heterocycles. The number of nitrogens with one attached hydrogen (secondary N) is 1. The lowest BCUT2D eigenvalue weighted by molar-refractivity contribution is -0.137. The van der Waals surface area contributed by atoms with E-state index in [9.17, 15) is 18.0 Å². The molecule has 1 aromatic carbocycles. The maximum Gasteiger partial charge on any atom is 0.416 e. The van der Waals surface area contributed by atoms with Gasteiger partial charge in [-0.1, -0.05) is 11.8 Å². The van der Waals surface area contributed by atoms with Gasteiger partial charge in [-0.25, -0.2) is 9.97 Å². The first-order valence-electron chi connectivity index (χ1n) is 8.42. The second-order valence-corrected chi connectivity index (χ2v) is 6.68. The van der Waals surface area contributed by atoms with E-state index in [-0.39, 0.29) is 28.2 Å². The molecule has 0 fully saturated rings. The van der Waals surface area contributed by atoms with Gasteiger partial charge in [0.05, 0.1) is 22.7 Å². The molecule has 0 bridgehead atoms. The van der Waals surface area contributed by atoms with E-state index in [1.165, 1.54) is 12.1 Å². The monoisotopic (exact) mass is 414 g/mol. The fourth-order valence-electron chi connectivity index (χ4n) is 2.50. The van der Waals surface area contributed by atoms with E-state index in [1.54, 1.807) is 0 Å². The summed E-state index contributed by atoms with van der Waals surface area (Å²) in [7, 11) is 0. The maximum atomic E-state index is 13.1. The van der Waals surface area contributed by atoms with Crippen LogP contribution in [0, 0.1) is 0 Å². The number of nitrogen functional groups attached to an aromatic ring is 2. The minimum atomic E-state index is -4.51. The molecule has 28 heavy (non-hydrogen) atoms. The molecule has 0 aliphatic rings. The maximum absolute atomic E-state index is 13.1. The zero-order valence-electron chi connectivity index (χ0n) is 15.4. The molecule has 2 rings (SSSR count). The number of nitrogens with zero attached hydrogens (tertiary/aromatic N) is 3. The number of halogens is 3. The van der Waals surface area contributed by atoms with Crippen molar-refractivity contribution in [3.05, 3.63) is 29.8 Å². The molecule has 5 N–H and O–H groups in total. The van der Waals surface area contributed by atoms with E-state index in [0.717, 1.165) is 23.9 Å². The average molecular weight is 414 g/mol. The summed E-state index contributed by atoms with van der Waals surface area (Å²) in [6.45, 7) is 4.92. The highest BCUT2D eigenvalue weighted by molar-refractivity contribution is 7.99. The Morgan fingerprint density at radius 3 is 2.29 bits per heavy atom. The number of thioether (sulfide) groups is 1. The minimum absolute atomic E-state index is 0.0946. The zero-order valence-corrected chi connectivity index (χ0v) is 16.2. The fourth-order valence-corrected chi connectivity index (χ4v) is 3.17. The molecule has 0 atom stereocenters. The molecule has 0 saturated heterocycles. The van der Waals surface area contributed by atoms with E-state index in [2.05, 4.69) is 15.3 Å². The van der Waals surface area contributed by atoms with E-state index >= 15 is 0 Å². The summed E-state index contributed by atoms with van der Waals surface area (Å²) < 4.78 is 39.2. The van der Waals surface area contributed by atoms with Crippen LogP contribution < -0.4 is 21.7 Å². The normalized spacial score (nSPS) is 11.3. The zero-order chi connectivity index (χ0) is 20.9. The summed E-state index contributed by atoms with van der Waals surface area (Å²) in [6.07, 6.45) is -4.51. The van der Waals surface area contributed by atoms with Crippen molar-refractivity contribution >= 4 is 40.7 Å². The van der Waals surface area contributed by atoms with Gasteiger partial charge < -0.3 is 21.7 Å². The number of alkyl halides is 3. The highest BCUT2D eigenvalue weighted by Gasteiger charge is 2.31. The number of rotatable bonds is 7. The molecule has 2 aromatic rings. The Morgan fingerprint density at radius 2 is 1.75 bits per heavy atom. The lowest BCUT2D eigenvalue weighted by Gasteiger charge is -2.25. The number of nitrogens with two attached hydrogens (primary N) is 2. The smallest absolute Gasteiger partial charge is 0.383 e. The third-order valence-corrected chi connectivity index (χ3v) is 4.63. The summed E-state index contributed by atoms with van der Waals surface area (Å²) >= 11 is 0.982. The summed E-state index contributed by atoms with van der Waals surface area (Å²) in [5, 5.41) is 2.76. The number of benzene rings is 1. The largest absolute Gasteiger partial charge is 0.416 e. The van der Waals surface area contributed by atoms with Crippen LogP contribution in [0.3, 0.4) is 0 Å². The number of anilines is 4. The molecule has 0 unspecified atom stereocenters. The molecular formula is C17H21F3N6OS. The van der Waals surface area contributed by atoms with Crippen LogP contribution in [0.25, 0.3) is 0 Å². The van der Waals surface area contributed by atoms with E-state index in [4.69, 9.17) is 11.5 Å². The van der Waals surface area contributed by atoms with Gasteiger partial charge >= 0.3 is 6.18 Å². The van der Waals surface area contributed by atoms with Gasteiger partial charge in [-0.3, -0.25) is 4.79 Å². The van der Waals surface area contributed by atoms with Crippen molar-refractivity contribution in [1.29, 1.82) is 0 Å². The number of carbonyl (C=O) groups is 1. The number of carbonyl (C=O) groups excluding carboxylic acids is 1. The van der Waals surface area contributed by atoms with Gasteiger partial charge in [0.15, 0.2) is 5.16 Å². The van der Waals surface area contributed by atoms with Crippen LogP contribution in [-0.2, 0) is 11.0 Å². The Labute approximate surface area is 164 Å². The van der Waals surface area contributed by atoms with Crippen molar-refractivity contribution in [3.63, 3.8) is 0 Å². The topological polar surface area (TPSA) is 110 Å². The molecule has 0 radical (unpaired) electrons. The van der Waals surface area contributed by atoms with Crippen LogP contribution >= 0.6 is 11.8 Å². The van der Waals surface area contributed by atoms with E-state index in [1.807, 2.05) is 18.7 Å². The molecule has 152 valence electrons. The number of hydrogen-bond acceptors (Lipinski definition) is 7. The molecule has 0 saturated carbocycles. The summed E-state index contributed by atoms with van der Waals surface area (Å²) in [5.74, 6) is -0.284. The van der Waals surface area contributed by atoms with Crippen LogP contribution in [0.4, 0.5) is 36.2 Å². The molecule has 7 nitrogen and oxygen atoms in total. The summed E-state index contributed by atoms with van der Waals surface area (Å²) in [6, 6.07) is 4.68. The first-order chi connectivity index (χ1) is 13.1. The van der Waals surface area contributed by atoms with Crippen LogP contribution in [0.5, 0.6) is 0 Å². The molecule has 1 amide bonds. The predicted molar refractivity (Wildman–Crippen MR) is 105 cm³/mol. The number of aromatic nitrogens is 2. The Balaban J connectivity index is 2.20. The molecule has 11 heteroatoms. The average Bonchev–Trinajstić information content (AvgIpc) is 2.60. The van der Waals surface area contributed by atoms with Crippen LogP contribution in [0.2, 0.25) is 0 Å². The van der Waals surface area contributed by atoms with Gasteiger partial charge in [0.25, 0.3) is 0 Å². The Kier molecular flexibility index (Phi) is 6.95. The third kappa shape index (κ3) is 5.65. The molecule has 0 aliphatic carbocycles. The van der Waals surface area contributed by atoms with Crippen molar-refractivity contribution in [2.45, 2.75) is 25.2 Å². The van der Waals surface area contributed by atoms with Gasteiger partial charge in [0.2, 0.25) is 5.91 Å². The summed E-state index contributed by atoms with van der Waals surface area (Å²) in [5.41, 5.74) is 10.9. The standard InChI is InChI=1S/C17H21F3N6OS/c1-3-26(4-2)12-6-5-10(17(18,19)20)7-11(12)23-15(27)9-28-16-24-13(21)8-14(22)25-16/h5-8H,3-4,9H2,1-2H3,(H,23,27)(H4,21,22,24,25). The highest BCUT2D eigenvalue weighted by atomic mass is 32.2. The van der Waals surface area contributed by atoms with Crippen LogP contribution in [-0.4, -0.2) is 34.7 Å². The molecule has 0 spiro atoms. The highest BCUT2D eigenvalue weighted by Crippen LogP contribution is 2.35. The molecule has 1 aromatic heterocycles.